The molecule has 1 aliphatic rings. The number of hydrogen-bond donors (Lipinski definition) is 0. The van der Waals surface area contributed by atoms with Crippen molar-refractivity contribution in [3.8, 4) is 0 Å². The van der Waals surface area contributed by atoms with Crippen molar-refractivity contribution in [2.75, 3.05) is 5.75 Å². The number of aromatic nitrogens is 1. The quantitative estimate of drug-likeness (QED) is 0.593. The first-order chi connectivity index (χ1) is 10.8. The summed E-state index contributed by atoms with van der Waals surface area (Å²) in [6.07, 6.45) is 2.29. The van der Waals surface area contributed by atoms with Gasteiger partial charge in [-0.25, -0.2) is 0 Å². The molecule has 0 radical (unpaired) electrons. The topological polar surface area (TPSA) is 4.93 Å². The molecule has 3 heteroatoms. The van der Waals surface area contributed by atoms with Crippen molar-refractivity contribution in [1.29, 1.82) is 0 Å². The number of rotatable bonds is 3. The fourth-order valence-corrected chi connectivity index (χ4v) is 4.75. The molecule has 1 nitrogen and oxygen atoms in total. The molecule has 0 saturated carbocycles. The van der Waals surface area contributed by atoms with Crippen LogP contribution in [0.3, 0.4) is 0 Å². The number of halogens is 1. The van der Waals surface area contributed by atoms with Crippen LogP contribution in [-0.4, -0.2) is 10.3 Å². The summed E-state index contributed by atoms with van der Waals surface area (Å²) in [5.74, 6) is 2.40. The minimum absolute atomic E-state index is 1.07. The van der Waals surface area contributed by atoms with Gasteiger partial charge in [-0.05, 0) is 47.9 Å². The second-order valence-electron chi connectivity index (χ2n) is 5.78. The Kier molecular flexibility index (Phi) is 4.01. The minimum atomic E-state index is 1.07. The highest BCUT2D eigenvalue weighted by Crippen LogP contribution is 2.35. The highest BCUT2D eigenvalue weighted by atomic mass is 79.9. The van der Waals surface area contributed by atoms with Crippen molar-refractivity contribution >= 4 is 38.6 Å². The van der Waals surface area contributed by atoms with Gasteiger partial charge >= 0.3 is 0 Å². The van der Waals surface area contributed by atoms with Crippen LogP contribution in [-0.2, 0) is 25.1 Å². The van der Waals surface area contributed by atoms with Crippen molar-refractivity contribution in [3.05, 3.63) is 69.8 Å². The Hall–Kier alpha value is -1.19. The lowest BCUT2D eigenvalue weighted by Crippen LogP contribution is -2.10. The van der Waals surface area contributed by atoms with Crippen LogP contribution in [0, 0.1) is 0 Å². The summed E-state index contributed by atoms with van der Waals surface area (Å²) in [7, 11) is 0. The Bertz CT molecular complexity index is 807. The molecular weight excluding hydrogens is 354 g/mol. The monoisotopic (exact) mass is 371 g/mol. The lowest BCUT2D eigenvalue weighted by atomic mass is 10.1. The zero-order chi connectivity index (χ0) is 14.9. The average Bonchev–Trinajstić information content (AvgIpc) is 2.87. The third-order valence-corrected chi connectivity index (χ3v) is 5.92. The zero-order valence-electron chi connectivity index (χ0n) is 12.4. The second kappa shape index (κ2) is 6.13. The zero-order valence-corrected chi connectivity index (χ0v) is 14.8. The van der Waals surface area contributed by atoms with E-state index in [9.17, 15) is 0 Å². The first kappa shape index (κ1) is 14.4. The minimum Gasteiger partial charge on any atom is -0.344 e. The first-order valence-electron chi connectivity index (χ1n) is 7.74. The summed E-state index contributed by atoms with van der Waals surface area (Å²) in [5, 5.41) is 1.43. The third-order valence-electron chi connectivity index (χ3n) is 4.45. The van der Waals surface area contributed by atoms with E-state index >= 15 is 0 Å². The normalized spacial score (nSPS) is 14.2. The second-order valence-corrected chi connectivity index (χ2v) is 7.80. The molecule has 0 spiro atoms. The molecule has 2 heterocycles. The van der Waals surface area contributed by atoms with Gasteiger partial charge in [0.15, 0.2) is 0 Å². The van der Waals surface area contributed by atoms with Crippen LogP contribution in [0.15, 0.2) is 53.0 Å². The highest BCUT2D eigenvalue weighted by Gasteiger charge is 2.20. The van der Waals surface area contributed by atoms with Crippen molar-refractivity contribution in [2.24, 2.45) is 0 Å². The van der Waals surface area contributed by atoms with Crippen LogP contribution in [0.5, 0.6) is 0 Å². The van der Waals surface area contributed by atoms with Gasteiger partial charge in [-0.3, -0.25) is 0 Å². The first-order valence-corrected chi connectivity index (χ1v) is 9.69. The predicted molar refractivity (Wildman–Crippen MR) is 99.7 cm³/mol. The molecule has 0 bridgehead atoms. The van der Waals surface area contributed by atoms with Gasteiger partial charge in [-0.15, -0.1) is 0 Å². The molecule has 2 aromatic carbocycles. The molecule has 1 aromatic heterocycles. The molecule has 3 aromatic rings. The van der Waals surface area contributed by atoms with E-state index in [2.05, 4.69) is 80.8 Å². The molecule has 0 fully saturated rings. The maximum atomic E-state index is 3.63. The molecule has 1 aliphatic heterocycles. The fourth-order valence-electron chi connectivity index (χ4n) is 3.38. The van der Waals surface area contributed by atoms with Gasteiger partial charge in [-0.1, -0.05) is 46.3 Å². The maximum Gasteiger partial charge on any atom is 0.0486 e. The van der Waals surface area contributed by atoms with E-state index in [0.29, 0.717) is 0 Å². The van der Waals surface area contributed by atoms with E-state index in [1.807, 2.05) is 0 Å². The van der Waals surface area contributed by atoms with Gasteiger partial charge in [0.2, 0.25) is 0 Å². The molecule has 0 atom stereocenters. The number of thioether (sulfide) groups is 1. The fraction of sp³-hybridized carbons (Fsp3) is 0.263. The van der Waals surface area contributed by atoms with Crippen LogP contribution in [0.1, 0.15) is 16.8 Å². The molecule has 0 unspecified atom stereocenters. The average molecular weight is 372 g/mol. The molecule has 4 rings (SSSR count). The SMILES string of the molecule is Brc1ccc2c(c1)c1c(n2CCc2ccccc2)CCSC1. The Morgan fingerprint density at radius 1 is 1.09 bits per heavy atom. The van der Waals surface area contributed by atoms with Crippen LogP contribution in [0.2, 0.25) is 0 Å². The lowest BCUT2D eigenvalue weighted by molar-refractivity contribution is 0.684. The van der Waals surface area contributed by atoms with E-state index < -0.39 is 0 Å². The molecule has 0 aliphatic carbocycles. The molecular formula is C19H18BrNS. The summed E-state index contributed by atoms with van der Waals surface area (Å²) in [6.45, 7) is 1.07. The summed E-state index contributed by atoms with van der Waals surface area (Å²) >= 11 is 5.69. The lowest BCUT2D eigenvalue weighted by Gasteiger charge is -2.16. The van der Waals surface area contributed by atoms with E-state index in [0.717, 1.165) is 18.7 Å². The summed E-state index contributed by atoms with van der Waals surface area (Å²) in [5.41, 5.74) is 5.93. The van der Waals surface area contributed by atoms with Crippen LogP contribution in [0.4, 0.5) is 0 Å². The molecule has 0 N–H and O–H groups in total. The van der Waals surface area contributed by atoms with Crippen LogP contribution in [0.25, 0.3) is 10.9 Å². The number of aryl methyl sites for hydroxylation is 2. The van der Waals surface area contributed by atoms with Crippen molar-refractivity contribution in [1.82, 2.24) is 4.57 Å². The summed E-state index contributed by atoms with van der Waals surface area (Å²) in [6, 6.07) is 17.5. The number of fused-ring (bicyclic) bond motifs is 3. The maximum absolute atomic E-state index is 3.63. The molecule has 112 valence electrons. The number of benzene rings is 2. The summed E-state index contributed by atoms with van der Waals surface area (Å²) in [4.78, 5) is 0. The Morgan fingerprint density at radius 3 is 2.82 bits per heavy atom. The van der Waals surface area contributed by atoms with E-state index in [4.69, 9.17) is 0 Å². The molecule has 22 heavy (non-hydrogen) atoms. The van der Waals surface area contributed by atoms with Gasteiger partial charge in [0, 0.05) is 33.4 Å². The smallest absolute Gasteiger partial charge is 0.0486 e. The van der Waals surface area contributed by atoms with Gasteiger partial charge in [0.25, 0.3) is 0 Å². The van der Waals surface area contributed by atoms with Gasteiger partial charge < -0.3 is 4.57 Å². The highest BCUT2D eigenvalue weighted by molar-refractivity contribution is 9.10. The van der Waals surface area contributed by atoms with Crippen LogP contribution < -0.4 is 0 Å². The molecule has 0 amide bonds. The van der Waals surface area contributed by atoms with E-state index in [1.165, 1.54) is 33.1 Å². The Morgan fingerprint density at radius 2 is 1.95 bits per heavy atom. The standard InChI is InChI=1S/C19H18BrNS/c20-15-6-7-18-16(12-15)17-13-22-11-9-19(17)21(18)10-8-14-4-2-1-3-5-14/h1-7,12H,8-11,13H2. The summed E-state index contributed by atoms with van der Waals surface area (Å²) < 4.78 is 3.74. The third kappa shape index (κ3) is 2.61. The van der Waals surface area contributed by atoms with Crippen molar-refractivity contribution < 1.29 is 0 Å². The number of nitrogens with zero attached hydrogens (tertiary/aromatic N) is 1. The van der Waals surface area contributed by atoms with Gasteiger partial charge in [0.1, 0.15) is 0 Å². The number of hydrogen-bond acceptors (Lipinski definition) is 1. The van der Waals surface area contributed by atoms with Gasteiger partial charge in [0.05, 0.1) is 0 Å². The Balaban J connectivity index is 1.76. The molecule has 0 saturated heterocycles. The van der Waals surface area contributed by atoms with Crippen molar-refractivity contribution in [2.45, 2.75) is 25.1 Å². The largest absolute Gasteiger partial charge is 0.344 e. The van der Waals surface area contributed by atoms with Crippen LogP contribution >= 0.6 is 27.7 Å². The van der Waals surface area contributed by atoms with Gasteiger partial charge in [-0.2, -0.15) is 11.8 Å². The van der Waals surface area contributed by atoms with E-state index in [1.54, 1.807) is 11.3 Å². The van der Waals surface area contributed by atoms with Crippen molar-refractivity contribution in [3.63, 3.8) is 0 Å². The van der Waals surface area contributed by atoms with E-state index in [-0.39, 0.29) is 0 Å². The predicted octanol–water partition coefficient (Wildman–Crippen LogP) is 5.44. The Labute approximate surface area is 143 Å².